The number of nitrogens with zero attached hydrogens (tertiary/aromatic N) is 2. The van der Waals surface area contributed by atoms with Gasteiger partial charge in [0.15, 0.2) is 0 Å². The summed E-state index contributed by atoms with van der Waals surface area (Å²) in [5.41, 5.74) is 1.48. The van der Waals surface area contributed by atoms with Crippen LogP contribution in [-0.2, 0) is 14.8 Å². The molecule has 8 heteroatoms. The number of rotatable bonds is 9. The Morgan fingerprint density at radius 3 is 2.57 bits per heavy atom. The Morgan fingerprint density at radius 1 is 1.21 bits per heavy atom. The van der Waals surface area contributed by atoms with Crippen molar-refractivity contribution < 1.29 is 17.9 Å². The molecule has 0 fully saturated rings. The molecule has 0 unspecified atom stereocenters. The van der Waals surface area contributed by atoms with Crippen molar-refractivity contribution in [3.05, 3.63) is 59.7 Å². The third kappa shape index (κ3) is 6.08. The van der Waals surface area contributed by atoms with Crippen molar-refractivity contribution in [3.8, 4) is 11.8 Å². The molecule has 7 nitrogen and oxygen atoms in total. The number of aryl methyl sites for hydroxylation is 1. The first kappa shape index (κ1) is 21.4. The number of carbonyl (C=O) groups excluding carboxylic acids is 1. The van der Waals surface area contributed by atoms with Crippen molar-refractivity contribution in [1.82, 2.24) is 9.62 Å². The van der Waals surface area contributed by atoms with Crippen LogP contribution in [0.2, 0.25) is 0 Å². The molecule has 2 aromatic carbocycles. The summed E-state index contributed by atoms with van der Waals surface area (Å²) in [6.45, 7) is 2.52. The van der Waals surface area contributed by atoms with E-state index in [2.05, 4.69) is 5.32 Å². The number of nitrogens with one attached hydrogen (secondary N) is 1. The normalized spacial score (nSPS) is 11.1. The molecule has 0 radical (unpaired) electrons. The highest BCUT2D eigenvalue weighted by Gasteiger charge is 2.22. The molecule has 2 aromatic rings. The third-order valence-electron chi connectivity index (χ3n) is 3.96. The summed E-state index contributed by atoms with van der Waals surface area (Å²) in [5, 5.41) is 11.5. The van der Waals surface area contributed by atoms with Crippen LogP contribution < -0.4 is 10.1 Å². The predicted molar refractivity (Wildman–Crippen MR) is 105 cm³/mol. The second-order valence-electron chi connectivity index (χ2n) is 6.27. The summed E-state index contributed by atoms with van der Waals surface area (Å²) in [4.78, 5) is 12.0. The van der Waals surface area contributed by atoms with Crippen LogP contribution >= 0.6 is 0 Å². The first-order valence-corrected chi connectivity index (χ1v) is 10.2. The highest BCUT2D eigenvalue weighted by molar-refractivity contribution is 7.89. The molecule has 0 saturated heterocycles. The van der Waals surface area contributed by atoms with E-state index in [1.807, 2.05) is 37.3 Å². The fourth-order valence-corrected chi connectivity index (χ4v) is 3.55. The molecule has 0 spiro atoms. The first-order valence-electron chi connectivity index (χ1n) is 8.75. The number of sulfonamides is 1. The van der Waals surface area contributed by atoms with E-state index in [0.29, 0.717) is 25.1 Å². The molecule has 0 bridgehead atoms. The van der Waals surface area contributed by atoms with Gasteiger partial charge in [0, 0.05) is 13.6 Å². The van der Waals surface area contributed by atoms with Crippen LogP contribution in [0.1, 0.15) is 17.5 Å². The lowest BCUT2D eigenvalue weighted by atomic mass is 10.2. The molecule has 0 saturated carbocycles. The molecule has 0 aliphatic heterocycles. The summed E-state index contributed by atoms with van der Waals surface area (Å²) in [6, 6.07) is 15.2. The van der Waals surface area contributed by atoms with Gasteiger partial charge in [-0.3, -0.25) is 4.79 Å². The van der Waals surface area contributed by atoms with Gasteiger partial charge < -0.3 is 10.1 Å². The molecule has 0 aliphatic rings. The summed E-state index contributed by atoms with van der Waals surface area (Å²) in [6.07, 6.45) is 0.603. The van der Waals surface area contributed by atoms with Gasteiger partial charge in [0.1, 0.15) is 5.75 Å². The second kappa shape index (κ2) is 9.88. The monoisotopic (exact) mass is 401 g/mol. The molecule has 0 aromatic heterocycles. The molecule has 2 rings (SSSR count). The van der Waals surface area contributed by atoms with Crippen molar-refractivity contribution in [1.29, 1.82) is 5.26 Å². The second-order valence-corrected chi connectivity index (χ2v) is 8.31. The number of amides is 1. The van der Waals surface area contributed by atoms with Crippen LogP contribution in [-0.4, -0.2) is 45.4 Å². The minimum absolute atomic E-state index is 0.0355. The Hall–Kier alpha value is -2.89. The maximum atomic E-state index is 12.5. The van der Waals surface area contributed by atoms with E-state index in [-0.39, 0.29) is 11.4 Å². The van der Waals surface area contributed by atoms with Crippen molar-refractivity contribution in [2.24, 2.45) is 0 Å². The van der Waals surface area contributed by atoms with E-state index in [1.54, 1.807) is 0 Å². The van der Waals surface area contributed by atoms with Gasteiger partial charge in [0.2, 0.25) is 15.9 Å². The smallest absolute Gasteiger partial charge is 0.243 e. The fraction of sp³-hybridized carbons (Fsp3) is 0.300. The van der Waals surface area contributed by atoms with Crippen LogP contribution in [0, 0.1) is 18.3 Å². The molecule has 0 atom stereocenters. The number of ether oxygens (including phenoxy) is 1. The molecule has 0 heterocycles. The Morgan fingerprint density at radius 2 is 1.93 bits per heavy atom. The first-order chi connectivity index (χ1) is 13.3. The van der Waals surface area contributed by atoms with Crippen molar-refractivity contribution in [2.75, 3.05) is 26.7 Å². The van der Waals surface area contributed by atoms with Gasteiger partial charge in [-0.15, -0.1) is 0 Å². The van der Waals surface area contributed by atoms with E-state index in [4.69, 9.17) is 10.00 Å². The van der Waals surface area contributed by atoms with E-state index in [1.165, 1.54) is 31.3 Å². The van der Waals surface area contributed by atoms with Gasteiger partial charge in [-0.25, -0.2) is 8.42 Å². The van der Waals surface area contributed by atoms with Gasteiger partial charge in [0.25, 0.3) is 0 Å². The molecular weight excluding hydrogens is 378 g/mol. The minimum atomic E-state index is -3.80. The zero-order chi connectivity index (χ0) is 20.6. The number of benzene rings is 2. The fourth-order valence-electron chi connectivity index (χ4n) is 2.42. The Bertz CT molecular complexity index is 950. The van der Waals surface area contributed by atoms with Crippen molar-refractivity contribution in [2.45, 2.75) is 18.2 Å². The summed E-state index contributed by atoms with van der Waals surface area (Å²) in [7, 11) is -2.45. The highest BCUT2D eigenvalue weighted by atomic mass is 32.2. The van der Waals surface area contributed by atoms with Gasteiger partial charge in [-0.2, -0.15) is 9.57 Å². The predicted octanol–water partition coefficient (Wildman–Crippen LogP) is 2.07. The molecular formula is C20H23N3O4S. The lowest BCUT2D eigenvalue weighted by Crippen LogP contribution is -2.38. The lowest BCUT2D eigenvalue weighted by Gasteiger charge is -2.17. The van der Waals surface area contributed by atoms with Crippen LogP contribution in [0.5, 0.6) is 5.75 Å². The molecule has 1 N–H and O–H groups in total. The SMILES string of the molecule is Cc1cccc(OCCCNC(=O)CN(C)S(=O)(=O)c2ccc(C#N)cc2)c1. The maximum absolute atomic E-state index is 12.5. The quantitative estimate of drug-likeness (QED) is 0.649. The molecule has 0 aliphatic carbocycles. The number of hydrogen-bond acceptors (Lipinski definition) is 5. The van der Waals surface area contributed by atoms with Crippen LogP contribution in [0.3, 0.4) is 0 Å². The number of hydrogen-bond donors (Lipinski definition) is 1. The van der Waals surface area contributed by atoms with E-state index < -0.39 is 15.9 Å². The summed E-state index contributed by atoms with van der Waals surface area (Å²) in [5.74, 6) is 0.384. The largest absolute Gasteiger partial charge is 0.494 e. The van der Waals surface area contributed by atoms with Crippen molar-refractivity contribution in [3.63, 3.8) is 0 Å². The molecule has 1 amide bonds. The van der Waals surface area contributed by atoms with Crippen LogP contribution in [0.4, 0.5) is 0 Å². The number of carbonyl (C=O) groups is 1. The van der Waals surface area contributed by atoms with Crippen molar-refractivity contribution >= 4 is 15.9 Å². The van der Waals surface area contributed by atoms with Gasteiger partial charge in [0.05, 0.1) is 29.7 Å². The highest BCUT2D eigenvalue weighted by Crippen LogP contribution is 2.15. The standard InChI is InChI=1S/C20H23N3O4S/c1-16-5-3-6-18(13-16)27-12-4-11-22-20(24)15-23(2)28(25,26)19-9-7-17(14-21)8-10-19/h3,5-10,13H,4,11-12,15H2,1-2H3,(H,22,24). The van der Waals surface area contributed by atoms with E-state index >= 15 is 0 Å². The Labute approximate surface area is 165 Å². The Kier molecular flexibility index (Phi) is 7.55. The lowest BCUT2D eigenvalue weighted by molar-refractivity contribution is -0.121. The Balaban J connectivity index is 1.76. The zero-order valence-corrected chi connectivity index (χ0v) is 16.7. The van der Waals surface area contributed by atoms with Crippen LogP contribution in [0.25, 0.3) is 0 Å². The maximum Gasteiger partial charge on any atom is 0.243 e. The van der Waals surface area contributed by atoms with Crippen LogP contribution in [0.15, 0.2) is 53.4 Å². The topological polar surface area (TPSA) is 99.5 Å². The van der Waals surface area contributed by atoms with Gasteiger partial charge >= 0.3 is 0 Å². The average Bonchev–Trinajstić information content (AvgIpc) is 2.67. The average molecular weight is 401 g/mol. The molecule has 28 heavy (non-hydrogen) atoms. The summed E-state index contributed by atoms with van der Waals surface area (Å²) >= 11 is 0. The third-order valence-corrected chi connectivity index (χ3v) is 5.78. The van der Waals surface area contributed by atoms with Gasteiger partial charge in [-0.05, 0) is 55.3 Å². The minimum Gasteiger partial charge on any atom is -0.494 e. The molecule has 148 valence electrons. The number of likely N-dealkylation sites (N-methyl/N-ethyl adjacent to an activating group) is 1. The van der Waals surface area contributed by atoms with E-state index in [0.717, 1.165) is 15.6 Å². The van der Waals surface area contributed by atoms with E-state index in [9.17, 15) is 13.2 Å². The number of nitriles is 1. The summed E-state index contributed by atoms with van der Waals surface area (Å²) < 4.78 is 31.5. The zero-order valence-electron chi connectivity index (χ0n) is 15.9. The van der Waals surface area contributed by atoms with Gasteiger partial charge in [-0.1, -0.05) is 12.1 Å².